The lowest BCUT2D eigenvalue weighted by Gasteiger charge is -2.45. The number of benzene rings is 2. The molecule has 156 valence electrons. The van der Waals surface area contributed by atoms with E-state index >= 15 is 0 Å². The highest BCUT2D eigenvalue weighted by atomic mass is 16.6. The summed E-state index contributed by atoms with van der Waals surface area (Å²) in [6, 6.07) is 18.9. The van der Waals surface area contributed by atoms with Crippen molar-refractivity contribution >= 4 is 0 Å². The molecule has 2 aromatic rings. The molecule has 6 nitrogen and oxygen atoms in total. The quantitative estimate of drug-likeness (QED) is 0.557. The Morgan fingerprint density at radius 3 is 1.41 bits per heavy atom. The Balaban J connectivity index is 1.73. The van der Waals surface area contributed by atoms with Gasteiger partial charge in [0.25, 0.3) is 0 Å². The van der Waals surface area contributed by atoms with Gasteiger partial charge in [-0.05, 0) is 11.1 Å². The molecule has 0 amide bonds. The summed E-state index contributed by atoms with van der Waals surface area (Å²) in [6.07, 6.45) is -5.07. The first kappa shape index (κ1) is 21.6. The van der Waals surface area contributed by atoms with Crippen LogP contribution in [0.4, 0.5) is 0 Å². The zero-order chi connectivity index (χ0) is 20.6. The molecule has 1 fully saturated rings. The van der Waals surface area contributed by atoms with Gasteiger partial charge in [0, 0.05) is 0 Å². The van der Waals surface area contributed by atoms with Crippen molar-refractivity contribution in [1.29, 1.82) is 0 Å². The fraction of sp³-hybridized carbons (Fsp3) is 0.391. The number of aliphatic hydroxyl groups is 3. The van der Waals surface area contributed by atoms with E-state index in [0.29, 0.717) is 0 Å². The molecule has 0 unspecified atom stereocenters. The van der Waals surface area contributed by atoms with E-state index in [-0.39, 0.29) is 19.8 Å². The van der Waals surface area contributed by atoms with Crippen molar-refractivity contribution in [2.24, 2.45) is 0 Å². The van der Waals surface area contributed by atoms with Gasteiger partial charge in [0.1, 0.15) is 36.6 Å². The van der Waals surface area contributed by atoms with Gasteiger partial charge in [0.2, 0.25) is 0 Å². The van der Waals surface area contributed by atoms with Crippen LogP contribution in [0.5, 0.6) is 0 Å². The monoisotopic (exact) mass is 400 g/mol. The number of rotatable bonds is 9. The van der Waals surface area contributed by atoms with E-state index < -0.39 is 36.6 Å². The predicted molar refractivity (Wildman–Crippen MR) is 108 cm³/mol. The first-order valence-electron chi connectivity index (χ1n) is 9.69. The first-order chi connectivity index (χ1) is 14.1. The van der Waals surface area contributed by atoms with E-state index in [0.717, 1.165) is 11.1 Å². The summed E-state index contributed by atoms with van der Waals surface area (Å²) < 4.78 is 17.3. The molecule has 3 rings (SSSR count). The molecule has 6 atom stereocenters. The molecule has 0 bridgehead atoms. The molecule has 0 saturated heterocycles. The maximum Gasteiger partial charge on any atom is 0.115 e. The summed E-state index contributed by atoms with van der Waals surface area (Å²) in [6.45, 7) is 4.15. The molecule has 1 aliphatic carbocycles. The third kappa shape index (κ3) is 5.51. The van der Waals surface area contributed by atoms with Crippen LogP contribution in [0.2, 0.25) is 0 Å². The second kappa shape index (κ2) is 10.6. The highest BCUT2D eigenvalue weighted by Crippen LogP contribution is 2.29. The number of hydrogen-bond acceptors (Lipinski definition) is 6. The van der Waals surface area contributed by atoms with E-state index in [1.54, 1.807) is 0 Å². The molecule has 1 aliphatic rings. The van der Waals surface area contributed by atoms with Gasteiger partial charge in [0.15, 0.2) is 0 Å². The fourth-order valence-corrected chi connectivity index (χ4v) is 3.47. The number of hydrogen-bond donors (Lipinski definition) is 3. The molecule has 6 heteroatoms. The third-order valence-electron chi connectivity index (χ3n) is 5.00. The molecule has 0 heterocycles. The van der Waals surface area contributed by atoms with Gasteiger partial charge < -0.3 is 29.5 Å². The van der Waals surface area contributed by atoms with Crippen LogP contribution in [-0.4, -0.2) is 58.6 Å². The minimum Gasteiger partial charge on any atom is -0.387 e. The van der Waals surface area contributed by atoms with Gasteiger partial charge in [-0.1, -0.05) is 66.7 Å². The third-order valence-corrected chi connectivity index (χ3v) is 5.00. The molecule has 2 aromatic carbocycles. The molecule has 0 aromatic heterocycles. The van der Waals surface area contributed by atoms with Gasteiger partial charge in [-0.2, -0.15) is 0 Å². The summed E-state index contributed by atoms with van der Waals surface area (Å²) >= 11 is 0. The summed E-state index contributed by atoms with van der Waals surface area (Å²) in [5, 5.41) is 32.3. The number of aliphatic hydroxyl groups excluding tert-OH is 3. The Morgan fingerprint density at radius 2 is 1.03 bits per heavy atom. The van der Waals surface area contributed by atoms with E-state index in [2.05, 4.69) is 6.58 Å². The standard InChI is InChI=1S/C23H28O6/c1-2-13-27-21-18(24)22(28-14-16-9-5-3-6-10-16)20(26)23(19(21)25)29-15-17-11-7-4-8-12-17/h2-12,18-26H,1,13-15H2/t18-,19+,20-,21-,22-,23-/m0/s1. The minimum absolute atomic E-state index is 0.145. The van der Waals surface area contributed by atoms with E-state index in [1.165, 1.54) is 6.08 Å². The van der Waals surface area contributed by atoms with Crippen molar-refractivity contribution in [3.63, 3.8) is 0 Å². The van der Waals surface area contributed by atoms with Crippen molar-refractivity contribution < 1.29 is 29.5 Å². The van der Waals surface area contributed by atoms with Gasteiger partial charge in [-0.25, -0.2) is 0 Å². The van der Waals surface area contributed by atoms with Crippen LogP contribution in [-0.2, 0) is 27.4 Å². The maximum absolute atomic E-state index is 10.8. The van der Waals surface area contributed by atoms with Crippen LogP contribution < -0.4 is 0 Å². The molecule has 0 radical (unpaired) electrons. The van der Waals surface area contributed by atoms with Crippen molar-refractivity contribution in [2.75, 3.05) is 6.61 Å². The Hall–Kier alpha value is -2.06. The lowest BCUT2D eigenvalue weighted by molar-refractivity contribution is -0.258. The van der Waals surface area contributed by atoms with E-state index in [1.807, 2.05) is 60.7 Å². The average molecular weight is 400 g/mol. The fourth-order valence-electron chi connectivity index (χ4n) is 3.47. The summed E-state index contributed by atoms with van der Waals surface area (Å²) in [5.41, 5.74) is 1.81. The maximum atomic E-state index is 10.8. The van der Waals surface area contributed by atoms with Gasteiger partial charge in [-0.3, -0.25) is 0 Å². The topological polar surface area (TPSA) is 88.4 Å². The molecular formula is C23H28O6. The number of ether oxygens (including phenoxy) is 3. The van der Waals surface area contributed by atoms with E-state index in [9.17, 15) is 15.3 Å². The van der Waals surface area contributed by atoms with Crippen LogP contribution in [0, 0.1) is 0 Å². The second-order valence-electron chi connectivity index (χ2n) is 7.08. The molecule has 1 saturated carbocycles. The molecule has 0 spiro atoms. The van der Waals surface area contributed by atoms with Crippen LogP contribution in [0.1, 0.15) is 11.1 Å². The SMILES string of the molecule is C=CCO[C@@H]1[C@@H](O)[C@H](OCc2ccccc2)[C@@H](O)[C@@H](OCc2ccccc2)[C@H]1O. The van der Waals surface area contributed by atoms with Crippen molar-refractivity contribution in [2.45, 2.75) is 49.8 Å². The Kier molecular flexibility index (Phi) is 7.94. The van der Waals surface area contributed by atoms with Crippen LogP contribution >= 0.6 is 0 Å². The summed E-state index contributed by atoms with van der Waals surface area (Å²) in [7, 11) is 0. The van der Waals surface area contributed by atoms with Gasteiger partial charge in [0.05, 0.1) is 19.8 Å². The Bertz CT molecular complexity index is 680. The predicted octanol–water partition coefficient (Wildman–Crippen LogP) is 1.82. The van der Waals surface area contributed by atoms with Crippen molar-refractivity contribution in [1.82, 2.24) is 0 Å². The Labute approximate surface area is 171 Å². The summed E-state index contributed by atoms with van der Waals surface area (Å²) in [5.74, 6) is 0. The Morgan fingerprint density at radius 1 is 0.655 bits per heavy atom. The lowest BCUT2D eigenvalue weighted by Crippen LogP contribution is -2.65. The van der Waals surface area contributed by atoms with Crippen molar-refractivity contribution in [3.8, 4) is 0 Å². The van der Waals surface area contributed by atoms with Gasteiger partial charge >= 0.3 is 0 Å². The second-order valence-corrected chi connectivity index (χ2v) is 7.08. The van der Waals surface area contributed by atoms with Crippen LogP contribution in [0.25, 0.3) is 0 Å². The lowest BCUT2D eigenvalue weighted by atomic mass is 9.84. The van der Waals surface area contributed by atoms with Gasteiger partial charge in [-0.15, -0.1) is 6.58 Å². The summed E-state index contributed by atoms with van der Waals surface area (Å²) in [4.78, 5) is 0. The average Bonchev–Trinajstić information content (AvgIpc) is 2.75. The molecular weight excluding hydrogens is 372 g/mol. The molecule has 3 N–H and O–H groups in total. The smallest absolute Gasteiger partial charge is 0.115 e. The van der Waals surface area contributed by atoms with Crippen LogP contribution in [0.15, 0.2) is 73.3 Å². The highest BCUT2D eigenvalue weighted by Gasteiger charge is 2.51. The first-order valence-corrected chi connectivity index (χ1v) is 9.69. The van der Waals surface area contributed by atoms with Crippen LogP contribution in [0.3, 0.4) is 0 Å². The largest absolute Gasteiger partial charge is 0.387 e. The molecule has 29 heavy (non-hydrogen) atoms. The minimum atomic E-state index is -1.23. The van der Waals surface area contributed by atoms with Crippen molar-refractivity contribution in [3.05, 3.63) is 84.4 Å². The normalized spacial score (nSPS) is 29.5. The highest BCUT2D eigenvalue weighted by molar-refractivity contribution is 5.15. The zero-order valence-corrected chi connectivity index (χ0v) is 16.2. The zero-order valence-electron chi connectivity index (χ0n) is 16.2. The molecule has 0 aliphatic heterocycles. The van der Waals surface area contributed by atoms with E-state index in [4.69, 9.17) is 14.2 Å².